The molecule has 3 nitrogen and oxygen atoms in total. The maximum absolute atomic E-state index is 11.7. The lowest BCUT2D eigenvalue weighted by atomic mass is 10.3. The standard InChI is InChI=1S/C15H13NO2S2/c17-15(8-7-11-4-3-9-19-11)18-10-14-16-12-5-1-2-6-13(12)20-14/h1-6,9H,7-8,10H2. The number of fused-ring (bicyclic) bond motifs is 1. The van der Waals surface area contributed by atoms with Gasteiger partial charge in [0, 0.05) is 4.88 Å². The lowest BCUT2D eigenvalue weighted by Gasteiger charge is -2.01. The van der Waals surface area contributed by atoms with E-state index < -0.39 is 0 Å². The molecule has 2 aromatic heterocycles. The van der Waals surface area contributed by atoms with E-state index in [1.54, 1.807) is 22.7 Å². The molecule has 0 bridgehead atoms. The molecule has 3 rings (SSSR count). The third-order valence-corrected chi connectivity index (χ3v) is 4.80. The Morgan fingerprint density at radius 3 is 2.90 bits per heavy atom. The molecule has 0 amide bonds. The molecule has 102 valence electrons. The Kier molecular flexibility index (Phi) is 4.08. The fourth-order valence-electron chi connectivity index (χ4n) is 1.88. The van der Waals surface area contributed by atoms with Gasteiger partial charge in [0.05, 0.1) is 16.6 Å². The van der Waals surface area contributed by atoms with E-state index in [0.29, 0.717) is 6.42 Å². The van der Waals surface area contributed by atoms with Crippen LogP contribution in [0.2, 0.25) is 0 Å². The van der Waals surface area contributed by atoms with Crippen molar-refractivity contribution >= 4 is 38.9 Å². The van der Waals surface area contributed by atoms with Crippen molar-refractivity contribution in [2.75, 3.05) is 0 Å². The highest BCUT2D eigenvalue weighted by molar-refractivity contribution is 7.18. The molecule has 1 aromatic carbocycles. The smallest absolute Gasteiger partial charge is 0.306 e. The Bertz CT molecular complexity index is 671. The first-order chi connectivity index (χ1) is 9.81. The first kappa shape index (κ1) is 13.3. The van der Waals surface area contributed by atoms with Gasteiger partial charge in [0.1, 0.15) is 11.6 Å². The number of benzene rings is 1. The highest BCUT2D eigenvalue weighted by Gasteiger charge is 2.08. The summed E-state index contributed by atoms with van der Waals surface area (Å²) in [7, 11) is 0. The molecule has 0 aliphatic heterocycles. The van der Waals surface area contributed by atoms with Crippen LogP contribution in [0.5, 0.6) is 0 Å². The fourth-order valence-corrected chi connectivity index (χ4v) is 3.47. The second-order valence-electron chi connectivity index (χ2n) is 4.32. The van der Waals surface area contributed by atoms with Gasteiger partial charge in [-0.3, -0.25) is 4.79 Å². The van der Waals surface area contributed by atoms with Crippen molar-refractivity contribution in [3.63, 3.8) is 0 Å². The van der Waals surface area contributed by atoms with E-state index >= 15 is 0 Å². The minimum absolute atomic E-state index is 0.169. The molecule has 20 heavy (non-hydrogen) atoms. The summed E-state index contributed by atoms with van der Waals surface area (Å²) in [4.78, 5) is 17.3. The van der Waals surface area contributed by atoms with Crippen molar-refractivity contribution in [1.82, 2.24) is 4.98 Å². The minimum atomic E-state index is -0.169. The van der Waals surface area contributed by atoms with Gasteiger partial charge in [0.15, 0.2) is 0 Å². The van der Waals surface area contributed by atoms with Crippen molar-refractivity contribution in [1.29, 1.82) is 0 Å². The van der Waals surface area contributed by atoms with Crippen LogP contribution >= 0.6 is 22.7 Å². The Balaban J connectivity index is 1.52. The van der Waals surface area contributed by atoms with Crippen LogP contribution in [0.1, 0.15) is 16.3 Å². The highest BCUT2D eigenvalue weighted by atomic mass is 32.1. The van der Waals surface area contributed by atoms with Crippen molar-refractivity contribution in [2.24, 2.45) is 0 Å². The van der Waals surface area contributed by atoms with E-state index in [0.717, 1.165) is 21.6 Å². The summed E-state index contributed by atoms with van der Waals surface area (Å²) in [5.74, 6) is -0.169. The van der Waals surface area contributed by atoms with E-state index in [1.165, 1.54) is 4.88 Å². The molecule has 2 heterocycles. The number of carbonyl (C=O) groups is 1. The van der Waals surface area contributed by atoms with Crippen LogP contribution in [0.4, 0.5) is 0 Å². The predicted molar refractivity (Wildman–Crippen MR) is 82.1 cm³/mol. The second kappa shape index (κ2) is 6.15. The van der Waals surface area contributed by atoms with Crippen LogP contribution in [0.15, 0.2) is 41.8 Å². The second-order valence-corrected chi connectivity index (χ2v) is 6.46. The molecular formula is C15H13NO2S2. The highest BCUT2D eigenvalue weighted by Crippen LogP contribution is 2.22. The number of thiophene rings is 1. The fraction of sp³-hybridized carbons (Fsp3) is 0.200. The third kappa shape index (κ3) is 3.23. The lowest BCUT2D eigenvalue weighted by Crippen LogP contribution is -2.05. The molecule has 5 heteroatoms. The van der Waals surface area contributed by atoms with Gasteiger partial charge in [0.25, 0.3) is 0 Å². The van der Waals surface area contributed by atoms with E-state index in [1.807, 2.05) is 41.8 Å². The maximum atomic E-state index is 11.7. The van der Waals surface area contributed by atoms with E-state index in [2.05, 4.69) is 4.98 Å². The number of ether oxygens (including phenoxy) is 1. The minimum Gasteiger partial charge on any atom is -0.458 e. The molecule has 0 unspecified atom stereocenters. The average Bonchev–Trinajstić information content (AvgIpc) is 3.11. The number of carbonyl (C=O) groups excluding carboxylic acids is 1. The largest absolute Gasteiger partial charge is 0.458 e. The van der Waals surface area contributed by atoms with Crippen molar-refractivity contribution in [3.05, 3.63) is 51.7 Å². The van der Waals surface area contributed by atoms with Crippen LogP contribution in [-0.4, -0.2) is 11.0 Å². The normalized spacial score (nSPS) is 10.8. The summed E-state index contributed by atoms with van der Waals surface area (Å²) in [5.41, 5.74) is 0.960. The molecule has 0 N–H and O–H groups in total. The van der Waals surface area contributed by atoms with Gasteiger partial charge in [-0.1, -0.05) is 18.2 Å². The van der Waals surface area contributed by atoms with Gasteiger partial charge in [-0.25, -0.2) is 4.98 Å². The van der Waals surface area contributed by atoms with Crippen LogP contribution in [0.25, 0.3) is 10.2 Å². The van der Waals surface area contributed by atoms with Crippen LogP contribution < -0.4 is 0 Å². The summed E-state index contributed by atoms with van der Waals surface area (Å²) in [6, 6.07) is 12.0. The molecule has 0 atom stereocenters. The van der Waals surface area contributed by atoms with Crippen molar-refractivity contribution in [3.8, 4) is 0 Å². The predicted octanol–water partition coefficient (Wildman–Crippen LogP) is 4.03. The molecule has 0 fully saturated rings. The number of hydrogen-bond acceptors (Lipinski definition) is 5. The molecule has 3 aromatic rings. The van der Waals surface area contributed by atoms with Gasteiger partial charge < -0.3 is 4.74 Å². The summed E-state index contributed by atoms with van der Waals surface area (Å²) >= 11 is 3.23. The number of esters is 1. The van der Waals surface area contributed by atoms with Crippen molar-refractivity contribution in [2.45, 2.75) is 19.4 Å². The molecule has 0 aliphatic carbocycles. The van der Waals surface area contributed by atoms with Gasteiger partial charge in [0.2, 0.25) is 0 Å². The number of hydrogen-bond donors (Lipinski definition) is 0. The molecule has 0 saturated heterocycles. The average molecular weight is 303 g/mol. The summed E-state index contributed by atoms with van der Waals surface area (Å²) < 4.78 is 6.39. The quantitative estimate of drug-likeness (QED) is 0.668. The van der Waals surface area contributed by atoms with Crippen LogP contribution in [0, 0.1) is 0 Å². The van der Waals surface area contributed by atoms with E-state index in [9.17, 15) is 4.79 Å². The van der Waals surface area contributed by atoms with Crippen LogP contribution in [-0.2, 0) is 22.6 Å². The molecule has 0 spiro atoms. The Morgan fingerprint density at radius 1 is 1.20 bits per heavy atom. The molecule has 0 aliphatic rings. The number of rotatable bonds is 5. The number of nitrogens with zero attached hydrogens (tertiary/aromatic N) is 1. The first-order valence-corrected chi connectivity index (χ1v) is 8.03. The number of aryl methyl sites for hydroxylation is 1. The van der Waals surface area contributed by atoms with Gasteiger partial charge in [-0.15, -0.1) is 22.7 Å². The molecular weight excluding hydrogens is 290 g/mol. The molecule has 0 radical (unpaired) electrons. The number of thiazole rings is 1. The number of para-hydroxylation sites is 1. The zero-order chi connectivity index (χ0) is 13.8. The topological polar surface area (TPSA) is 39.2 Å². The van der Waals surface area contributed by atoms with Crippen LogP contribution in [0.3, 0.4) is 0 Å². The van der Waals surface area contributed by atoms with Gasteiger partial charge in [-0.2, -0.15) is 0 Å². The summed E-state index contributed by atoms with van der Waals surface area (Å²) in [6.45, 7) is 0.266. The summed E-state index contributed by atoms with van der Waals surface area (Å²) in [6.07, 6.45) is 1.17. The van der Waals surface area contributed by atoms with Gasteiger partial charge >= 0.3 is 5.97 Å². The third-order valence-electron chi connectivity index (χ3n) is 2.85. The Hall–Kier alpha value is -1.72. The Labute approximate surface area is 124 Å². The van der Waals surface area contributed by atoms with E-state index in [-0.39, 0.29) is 12.6 Å². The SMILES string of the molecule is O=C(CCc1cccs1)OCc1nc2ccccc2s1. The lowest BCUT2D eigenvalue weighted by molar-refractivity contribution is -0.144. The first-order valence-electron chi connectivity index (χ1n) is 6.34. The Morgan fingerprint density at radius 2 is 2.10 bits per heavy atom. The zero-order valence-corrected chi connectivity index (χ0v) is 12.4. The van der Waals surface area contributed by atoms with Gasteiger partial charge in [-0.05, 0) is 30.0 Å². The molecule has 0 saturated carbocycles. The number of aromatic nitrogens is 1. The summed E-state index contributed by atoms with van der Waals surface area (Å²) in [5, 5.41) is 2.86. The monoisotopic (exact) mass is 303 g/mol. The maximum Gasteiger partial charge on any atom is 0.306 e. The zero-order valence-electron chi connectivity index (χ0n) is 10.7. The van der Waals surface area contributed by atoms with E-state index in [4.69, 9.17) is 4.74 Å². The van der Waals surface area contributed by atoms with Crippen molar-refractivity contribution < 1.29 is 9.53 Å².